The number of hydrogen-bond donors (Lipinski definition) is 1. The highest BCUT2D eigenvalue weighted by atomic mass is 79.9. The summed E-state index contributed by atoms with van der Waals surface area (Å²) < 4.78 is 3.32. The minimum absolute atomic E-state index is 0.336. The molecule has 0 saturated heterocycles. The van der Waals surface area contributed by atoms with Gasteiger partial charge >= 0.3 is 6.09 Å². The minimum Gasteiger partial charge on any atom is -0.464 e. The summed E-state index contributed by atoms with van der Waals surface area (Å²) in [6, 6.07) is 14.5. The van der Waals surface area contributed by atoms with Crippen LogP contribution in [0.15, 0.2) is 57.8 Å². The molecule has 2 aromatic heterocycles. The first kappa shape index (κ1) is 13.1. The van der Waals surface area contributed by atoms with Gasteiger partial charge in [-0.1, -0.05) is 24.3 Å². The molecular formula is C16H9BrN2O3. The monoisotopic (exact) mass is 356 g/mol. The van der Waals surface area contributed by atoms with E-state index in [1.165, 1.54) is 0 Å². The summed E-state index contributed by atoms with van der Waals surface area (Å²) in [7, 11) is 0. The molecule has 4 aromatic rings. The molecule has 1 N–H and O–H groups in total. The highest BCUT2D eigenvalue weighted by Crippen LogP contribution is 2.28. The lowest BCUT2D eigenvalue weighted by Crippen LogP contribution is -2.27. The van der Waals surface area contributed by atoms with Gasteiger partial charge in [0.05, 0.1) is 16.6 Å². The predicted octanol–water partition coefficient (Wildman–Crippen LogP) is 3.70. The van der Waals surface area contributed by atoms with Crippen LogP contribution in [0.3, 0.4) is 0 Å². The first-order valence-corrected chi connectivity index (χ1v) is 7.35. The quantitative estimate of drug-likeness (QED) is 0.522. The molecule has 0 spiro atoms. The highest BCUT2D eigenvalue weighted by Gasteiger charge is 2.18. The van der Waals surface area contributed by atoms with Crippen molar-refractivity contribution in [2.75, 3.05) is 0 Å². The number of rotatable bonds is 0. The van der Waals surface area contributed by atoms with Gasteiger partial charge in [0.1, 0.15) is 5.52 Å². The zero-order valence-corrected chi connectivity index (χ0v) is 12.7. The van der Waals surface area contributed by atoms with Crippen LogP contribution in [-0.2, 0) is 0 Å². The molecule has 0 bridgehead atoms. The first-order valence-electron chi connectivity index (χ1n) is 6.56. The lowest BCUT2D eigenvalue weighted by molar-refractivity contribution is 0.196. The van der Waals surface area contributed by atoms with E-state index in [9.17, 15) is 14.7 Å². The standard InChI is InChI=1S/C16H9BrN2O3/c17-10-5-3-7-12-14(10)18-11-6-2-1-4-9(11)8-13(18)15(20)19(12)16(21)22/h1-8H,(H,21,22). The van der Waals surface area contributed by atoms with Crippen LogP contribution < -0.4 is 5.56 Å². The van der Waals surface area contributed by atoms with Gasteiger partial charge in [-0.3, -0.25) is 4.79 Å². The third kappa shape index (κ3) is 1.58. The Hall–Kier alpha value is -2.60. The molecule has 2 heterocycles. The number of carbonyl (C=O) groups is 1. The van der Waals surface area contributed by atoms with Gasteiger partial charge in [-0.15, -0.1) is 0 Å². The van der Waals surface area contributed by atoms with Crippen molar-refractivity contribution in [3.63, 3.8) is 0 Å². The zero-order valence-electron chi connectivity index (χ0n) is 11.2. The third-order valence-electron chi connectivity index (χ3n) is 3.75. The van der Waals surface area contributed by atoms with E-state index in [4.69, 9.17) is 0 Å². The van der Waals surface area contributed by atoms with E-state index in [0.717, 1.165) is 19.9 Å². The van der Waals surface area contributed by atoms with Gasteiger partial charge in [0, 0.05) is 9.86 Å². The van der Waals surface area contributed by atoms with Crippen LogP contribution in [-0.4, -0.2) is 20.2 Å². The summed E-state index contributed by atoms with van der Waals surface area (Å²) in [4.78, 5) is 24.2. The summed E-state index contributed by atoms with van der Waals surface area (Å²) in [6.45, 7) is 0. The van der Waals surface area contributed by atoms with Crippen LogP contribution in [0.1, 0.15) is 0 Å². The molecule has 2 aromatic carbocycles. The lowest BCUT2D eigenvalue weighted by Gasteiger charge is -2.10. The number of carboxylic acid groups (broad SMARTS) is 1. The summed E-state index contributed by atoms with van der Waals surface area (Å²) >= 11 is 3.47. The molecule has 0 aliphatic heterocycles. The molecule has 0 fully saturated rings. The van der Waals surface area contributed by atoms with E-state index in [-0.39, 0.29) is 0 Å². The maximum atomic E-state index is 12.6. The van der Waals surface area contributed by atoms with Crippen LogP contribution in [0, 0.1) is 0 Å². The van der Waals surface area contributed by atoms with Gasteiger partial charge < -0.3 is 9.51 Å². The van der Waals surface area contributed by atoms with Gasteiger partial charge in [0.15, 0.2) is 0 Å². The largest absolute Gasteiger partial charge is 0.464 e. The fraction of sp³-hybridized carbons (Fsp3) is 0. The zero-order chi connectivity index (χ0) is 15.4. The van der Waals surface area contributed by atoms with Crippen molar-refractivity contribution in [1.82, 2.24) is 8.97 Å². The van der Waals surface area contributed by atoms with Crippen molar-refractivity contribution in [2.24, 2.45) is 0 Å². The second-order valence-corrected chi connectivity index (χ2v) is 5.81. The van der Waals surface area contributed by atoms with Gasteiger partial charge in [0.2, 0.25) is 0 Å². The van der Waals surface area contributed by atoms with E-state index in [1.807, 2.05) is 30.3 Å². The number of hydrogen-bond acceptors (Lipinski definition) is 2. The molecule has 0 aliphatic rings. The van der Waals surface area contributed by atoms with E-state index in [0.29, 0.717) is 16.6 Å². The van der Waals surface area contributed by atoms with Crippen molar-refractivity contribution in [2.45, 2.75) is 0 Å². The summed E-state index contributed by atoms with van der Waals surface area (Å²) in [5, 5.41) is 10.3. The Bertz CT molecular complexity index is 1140. The number of benzene rings is 2. The Labute approximate surface area is 132 Å². The van der Waals surface area contributed by atoms with Crippen molar-refractivity contribution in [3.8, 4) is 0 Å². The van der Waals surface area contributed by atoms with Crippen LogP contribution in [0.4, 0.5) is 4.79 Å². The topological polar surface area (TPSA) is 63.7 Å². The third-order valence-corrected chi connectivity index (χ3v) is 4.39. The van der Waals surface area contributed by atoms with Crippen molar-refractivity contribution in [1.29, 1.82) is 0 Å². The molecule has 22 heavy (non-hydrogen) atoms. The molecule has 108 valence electrons. The second kappa shape index (κ2) is 4.45. The maximum Gasteiger partial charge on any atom is 0.419 e. The average molecular weight is 357 g/mol. The van der Waals surface area contributed by atoms with Crippen LogP contribution >= 0.6 is 15.9 Å². The smallest absolute Gasteiger partial charge is 0.419 e. The first-order chi connectivity index (χ1) is 10.6. The normalized spacial score (nSPS) is 11.5. The Balaban J connectivity index is 2.46. The van der Waals surface area contributed by atoms with E-state index >= 15 is 0 Å². The van der Waals surface area contributed by atoms with Crippen LogP contribution in [0.25, 0.3) is 27.5 Å². The fourth-order valence-electron chi connectivity index (χ4n) is 2.87. The molecule has 0 atom stereocenters. The second-order valence-electron chi connectivity index (χ2n) is 4.95. The number of halogens is 1. The van der Waals surface area contributed by atoms with Crippen molar-refractivity contribution < 1.29 is 9.90 Å². The SMILES string of the molecule is O=C(O)n1c(=O)c2cc3ccccc3n2c2c(Br)cccc21. The minimum atomic E-state index is -1.29. The molecule has 0 saturated carbocycles. The Morgan fingerprint density at radius 3 is 2.50 bits per heavy atom. The summed E-state index contributed by atoms with van der Waals surface area (Å²) in [6.07, 6.45) is -1.29. The summed E-state index contributed by atoms with van der Waals surface area (Å²) in [5.41, 5.74) is 1.66. The average Bonchev–Trinajstić information content (AvgIpc) is 2.87. The Morgan fingerprint density at radius 2 is 1.73 bits per heavy atom. The lowest BCUT2D eigenvalue weighted by atomic mass is 10.2. The van der Waals surface area contributed by atoms with Gasteiger partial charge in [0.25, 0.3) is 5.56 Å². The van der Waals surface area contributed by atoms with Crippen LogP contribution in [0.2, 0.25) is 0 Å². The van der Waals surface area contributed by atoms with Crippen LogP contribution in [0.5, 0.6) is 0 Å². The molecule has 0 amide bonds. The van der Waals surface area contributed by atoms with Gasteiger partial charge in [-0.05, 0) is 40.2 Å². The molecule has 0 aliphatic carbocycles. The molecule has 4 rings (SSSR count). The number of fused-ring (bicyclic) bond motifs is 5. The maximum absolute atomic E-state index is 12.6. The molecular weight excluding hydrogens is 348 g/mol. The van der Waals surface area contributed by atoms with Gasteiger partial charge in [-0.2, -0.15) is 0 Å². The predicted molar refractivity (Wildman–Crippen MR) is 87.8 cm³/mol. The summed E-state index contributed by atoms with van der Waals surface area (Å²) in [5.74, 6) is 0. The number of nitrogens with zero attached hydrogens (tertiary/aromatic N) is 2. The highest BCUT2D eigenvalue weighted by molar-refractivity contribution is 9.10. The Morgan fingerprint density at radius 1 is 1.00 bits per heavy atom. The van der Waals surface area contributed by atoms with Gasteiger partial charge in [-0.25, -0.2) is 9.36 Å². The van der Waals surface area contributed by atoms with E-state index < -0.39 is 11.7 Å². The molecule has 6 heteroatoms. The van der Waals surface area contributed by atoms with Crippen molar-refractivity contribution >= 4 is 49.5 Å². The number of para-hydroxylation sites is 2. The number of aromatic nitrogens is 2. The molecule has 0 unspecified atom stereocenters. The van der Waals surface area contributed by atoms with E-state index in [2.05, 4.69) is 15.9 Å². The Kier molecular flexibility index (Phi) is 2.65. The molecule has 5 nitrogen and oxygen atoms in total. The molecule has 0 radical (unpaired) electrons. The fourth-order valence-corrected chi connectivity index (χ4v) is 3.41. The van der Waals surface area contributed by atoms with E-state index in [1.54, 1.807) is 22.6 Å². The van der Waals surface area contributed by atoms with Crippen molar-refractivity contribution in [3.05, 3.63) is 63.4 Å².